The molecule has 2 aliphatic heterocycles. The van der Waals surface area contributed by atoms with Crippen molar-refractivity contribution in [3.8, 4) is 5.75 Å². The van der Waals surface area contributed by atoms with Crippen molar-refractivity contribution in [2.75, 3.05) is 18.6 Å². The first kappa shape index (κ1) is 23.6. The summed E-state index contributed by atoms with van der Waals surface area (Å²) in [4.78, 5) is 52.5. The summed E-state index contributed by atoms with van der Waals surface area (Å²) in [6.07, 6.45) is 0.882. The van der Waals surface area contributed by atoms with Gasteiger partial charge in [0.15, 0.2) is 0 Å². The van der Waals surface area contributed by atoms with Crippen molar-refractivity contribution < 1.29 is 23.9 Å². The van der Waals surface area contributed by atoms with Crippen molar-refractivity contribution >= 4 is 41.0 Å². The van der Waals surface area contributed by atoms with Crippen LogP contribution in [0.15, 0.2) is 48.5 Å². The Kier molecular flexibility index (Phi) is 6.47. The quantitative estimate of drug-likeness (QED) is 0.587. The van der Waals surface area contributed by atoms with E-state index in [-0.39, 0.29) is 18.9 Å². The smallest absolute Gasteiger partial charge is 0.344 e. The Labute approximate surface area is 202 Å². The summed E-state index contributed by atoms with van der Waals surface area (Å²) in [5.74, 6) is -1.73. The van der Waals surface area contributed by atoms with Gasteiger partial charge in [0.2, 0.25) is 11.8 Å². The molecule has 2 N–H and O–H groups in total. The number of halogens is 1. The molecule has 2 unspecified atom stereocenters. The molecule has 10 heteroatoms. The monoisotopic (exact) mass is 484 g/mol. The fraction of sp³-hybridized carbons (Fsp3) is 0.333. The average Bonchev–Trinajstić information content (AvgIpc) is 3.31. The molecule has 2 fully saturated rings. The van der Waals surface area contributed by atoms with Crippen molar-refractivity contribution in [3.63, 3.8) is 0 Å². The van der Waals surface area contributed by atoms with Gasteiger partial charge in [0.05, 0.1) is 18.7 Å². The predicted octanol–water partition coefficient (Wildman–Crippen LogP) is 2.68. The molecule has 34 heavy (non-hydrogen) atoms. The summed E-state index contributed by atoms with van der Waals surface area (Å²) in [7, 11) is 1.48. The van der Waals surface area contributed by atoms with Crippen molar-refractivity contribution in [2.45, 2.75) is 31.7 Å². The Bertz CT molecular complexity index is 1140. The second kappa shape index (κ2) is 9.34. The lowest BCUT2D eigenvalue weighted by Crippen LogP contribution is -2.50. The normalized spacial score (nSPS) is 22.2. The molecule has 2 aromatic carbocycles. The second-order valence-electron chi connectivity index (χ2n) is 8.59. The molecule has 0 spiro atoms. The zero-order chi connectivity index (χ0) is 24.5. The number of anilines is 1. The number of ether oxygens (including phenoxy) is 1. The van der Waals surface area contributed by atoms with E-state index in [1.807, 2.05) is 30.3 Å². The van der Waals surface area contributed by atoms with Crippen LogP contribution in [0.2, 0.25) is 5.02 Å². The Hall–Kier alpha value is -3.59. The van der Waals surface area contributed by atoms with Gasteiger partial charge in [0.25, 0.3) is 5.91 Å². The highest BCUT2D eigenvalue weighted by Crippen LogP contribution is 2.35. The Morgan fingerprint density at radius 2 is 1.94 bits per heavy atom. The van der Waals surface area contributed by atoms with Crippen LogP contribution in [0.25, 0.3) is 0 Å². The molecule has 178 valence electrons. The number of urea groups is 1. The zero-order valence-electron chi connectivity index (χ0n) is 18.8. The minimum Gasteiger partial charge on any atom is -0.495 e. The molecule has 2 atom stereocenters. The third-order valence-corrected chi connectivity index (χ3v) is 6.40. The molecular formula is C24H25ClN4O5. The van der Waals surface area contributed by atoms with E-state index < -0.39 is 29.3 Å². The van der Waals surface area contributed by atoms with E-state index in [9.17, 15) is 19.2 Å². The molecule has 5 amide bonds. The van der Waals surface area contributed by atoms with Crippen LogP contribution in [-0.2, 0) is 20.8 Å². The average molecular weight is 485 g/mol. The molecule has 0 bridgehead atoms. The van der Waals surface area contributed by atoms with Crippen LogP contribution in [0.5, 0.6) is 5.75 Å². The molecule has 2 aromatic rings. The number of aryl methyl sites for hydroxylation is 1. The van der Waals surface area contributed by atoms with Crippen LogP contribution < -0.4 is 20.4 Å². The number of nitrogens with one attached hydrogen (secondary N) is 2. The summed E-state index contributed by atoms with van der Waals surface area (Å²) >= 11 is 6.07. The molecule has 2 aliphatic rings. The number of carbonyl (C=O) groups excluding carboxylic acids is 4. The van der Waals surface area contributed by atoms with Crippen molar-refractivity contribution in [3.05, 3.63) is 59.1 Å². The highest BCUT2D eigenvalue weighted by Gasteiger charge is 2.49. The SMILES string of the molecule is COc1ccc(Cl)cc1N1CC(C(=O)NN2C(=O)NC(C)(CCc3ccccc3)C2=O)CC1=O. The van der Waals surface area contributed by atoms with Crippen LogP contribution in [0.3, 0.4) is 0 Å². The van der Waals surface area contributed by atoms with Crippen LogP contribution in [0.1, 0.15) is 25.3 Å². The van der Waals surface area contributed by atoms with Crippen LogP contribution in [0.4, 0.5) is 10.5 Å². The highest BCUT2D eigenvalue weighted by molar-refractivity contribution is 6.31. The number of amides is 5. The maximum Gasteiger partial charge on any atom is 0.344 e. The molecule has 0 saturated carbocycles. The van der Waals surface area contributed by atoms with Crippen molar-refractivity contribution in [1.29, 1.82) is 0 Å². The van der Waals surface area contributed by atoms with Gasteiger partial charge in [0, 0.05) is 18.0 Å². The van der Waals surface area contributed by atoms with Gasteiger partial charge >= 0.3 is 6.03 Å². The Morgan fingerprint density at radius 1 is 1.21 bits per heavy atom. The number of hydrogen-bond acceptors (Lipinski definition) is 5. The second-order valence-corrected chi connectivity index (χ2v) is 9.02. The van der Waals surface area contributed by atoms with Crippen molar-refractivity contribution in [1.82, 2.24) is 15.8 Å². The van der Waals surface area contributed by atoms with Crippen LogP contribution >= 0.6 is 11.6 Å². The molecule has 0 aromatic heterocycles. The van der Waals surface area contributed by atoms with E-state index in [0.29, 0.717) is 34.3 Å². The maximum absolute atomic E-state index is 13.0. The fourth-order valence-corrected chi connectivity index (χ4v) is 4.35. The standard InChI is InChI=1S/C24H25ClN4O5/c1-24(11-10-15-6-4-3-5-7-15)22(32)29(23(33)26-24)27-21(31)16-12-20(30)28(14-16)18-13-17(25)8-9-19(18)34-2/h3-9,13,16H,10-12,14H2,1-2H3,(H,26,33)(H,27,31). The first-order chi connectivity index (χ1) is 16.2. The van der Waals surface area contributed by atoms with Gasteiger partial charge in [-0.2, -0.15) is 5.01 Å². The number of nitrogens with zero attached hydrogens (tertiary/aromatic N) is 2. The maximum atomic E-state index is 13.0. The molecule has 0 radical (unpaired) electrons. The number of rotatable bonds is 7. The van der Waals surface area contributed by atoms with Crippen LogP contribution in [0, 0.1) is 5.92 Å². The summed E-state index contributed by atoms with van der Waals surface area (Å²) in [5.41, 5.74) is 2.75. The number of hydrogen-bond donors (Lipinski definition) is 2. The number of imide groups is 1. The molecule has 2 heterocycles. The topological polar surface area (TPSA) is 108 Å². The Morgan fingerprint density at radius 3 is 2.65 bits per heavy atom. The lowest BCUT2D eigenvalue weighted by atomic mass is 9.93. The lowest BCUT2D eigenvalue weighted by molar-refractivity contribution is -0.140. The number of carbonyl (C=O) groups is 4. The summed E-state index contributed by atoms with van der Waals surface area (Å²) < 4.78 is 5.31. The van der Waals surface area contributed by atoms with E-state index in [1.165, 1.54) is 12.0 Å². The molecule has 0 aliphatic carbocycles. The predicted molar refractivity (Wildman–Crippen MR) is 125 cm³/mol. The first-order valence-electron chi connectivity index (χ1n) is 10.9. The van der Waals surface area contributed by atoms with E-state index in [0.717, 1.165) is 5.56 Å². The molecule has 4 rings (SSSR count). The van der Waals surface area contributed by atoms with Gasteiger partial charge in [0.1, 0.15) is 11.3 Å². The largest absolute Gasteiger partial charge is 0.495 e. The van der Waals surface area contributed by atoms with Gasteiger partial charge in [-0.3, -0.25) is 19.8 Å². The lowest BCUT2D eigenvalue weighted by Gasteiger charge is -2.22. The Balaban J connectivity index is 1.42. The molecular weight excluding hydrogens is 460 g/mol. The van der Waals surface area contributed by atoms with Gasteiger partial charge in [-0.1, -0.05) is 41.9 Å². The summed E-state index contributed by atoms with van der Waals surface area (Å²) in [6.45, 7) is 1.70. The van der Waals surface area contributed by atoms with Crippen molar-refractivity contribution in [2.24, 2.45) is 5.92 Å². The van der Waals surface area contributed by atoms with Gasteiger partial charge < -0.3 is 15.0 Å². The first-order valence-corrected chi connectivity index (χ1v) is 11.2. The van der Waals surface area contributed by atoms with Gasteiger partial charge in [-0.25, -0.2) is 4.79 Å². The minimum atomic E-state index is -1.15. The van der Waals surface area contributed by atoms with Gasteiger partial charge in [-0.15, -0.1) is 0 Å². The number of hydrazine groups is 1. The van der Waals surface area contributed by atoms with E-state index in [2.05, 4.69) is 10.7 Å². The van der Waals surface area contributed by atoms with E-state index in [1.54, 1.807) is 25.1 Å². The fourth-order valence-electron chi connectivity index (χ4n) is 4.19. The minimum absolute atomic E-state index is 0.0658. The summed E-state index contributed by atoms with van der Waals surface area (Å²) in [5, 5.41) is 3.81. The van der Waals surface area contributed by atoms with Gasteiger partial charge in [-0.05, 0) is 43.5 Å². The molecule has 2 saturated heterocycles. The third-order valence-electron chi connectivity index (χ3n) is 6.17. The highest BCUT2D eigenvalue weighted by atomic mass is 35.5. The molecule has 9 nitrogen and oxygen atoms in total. The van der Waals surface area contributed by atoms with E-state index in [4.69, 9.17) is 16.3 Å². The number of benzene rings is 2. The third kappa shape index (κ3) is 4.56. The van der Waals surface area contributed by atoms with Crippen LogP contribution in [-0.4, -0.2) is 48.0 Å². The number of methoxy groups -OCH3 is 1. The summed E-state index contributed by atoms with van der Waals surface area (Å²) in [6, 6.07) is 13.8. The zero-order valence-corrected chi connectivity index (χ0v) is 19.6. The van der Waals surface area contributed by atoms with E-state index >= 15 is 0 Å².